The van der Waals surface area contributed by atoms with Crippen LogP contribution < -0.4 is 10.5 Å². The molecule has 0 saturated heterocycles. The molecule has 9 heteroatoms. The molecule has 1 aromatic rings. The van der Waals surface area contributed by atoms with Crippen LogP contribution in [0, 0.1) is 0 Å². The molecule has 0 heterocycles. The second kappa shape index (κ2) is 6.06. The fourth-order valence-electron chi connectivity index (χ4n) is 1.62. The third-order valence-corrected chi connectivity index (χ3v) is 4.20. The van der Waals surface area contributed by atoms with Crippen LogP contribution in [-0.2, 0) is 10.0 Å². The van der Waals surface area contributed by atoms with E-state index in [9.17, 15) is 21.6 Å². The van der Waals surface area contributed by atoms with E-state index in [0.717, 1.165) is 6.92 Å². The average molecular weight is 326 g/mol. The van der Waals surface area contributed by atoms with Crippen molar-refractivity contribution in [1.82, 2.24) is 4.72 Å². The molecule has 0 aromatic heterocycles. The Morgan fingerprint density at radius 1 is 1.40 bits per heavy atom. The molecule has 0 radical (unpaired) electrons. The number of nitrogens with one attached hydrogen (secondary N) is 1. The van der Waals surface area contributed by atoms with Gasteiger partial charge in [-0.25, -0.2) is 13.1 Å². The summed E-state index contributed by atoms with van der Waals surface area (Å²) >= 11 is 4.73. The van der Waals surface area contributed by atoms with Gasteiger partial charge in [-0.2, -0.15) is 13.2 Å². The highest BCUT2D eigenvalue weighted by Gasteiger charge is 2.32. The number of hydrogen-bond donors (Lipinski definition) is 2. The summed E-state index contributed by atoms with van der Waals surface area (Å²) < 4.78 is 62.7. The van der Waals surface area contributed by atoms with Crippen molar-refractivity contribution in [2.75, 3.05) is 0 Å². The lowest BCUT2D eigenvalue weighted by molar-refractivity contribution is -0.137. The van der Waals surface area contributed by atoms with Gasteiger partial charge in [0.25, 0.3) is 0 Å². The quantitative estimate of drug-likeness (QED) is 0.811. The van der Waals surface area contributed by atoms with Gasteiger partial charge in [-0.3, -0.25) is 0 Å². The van der Waals surface area contributed by atoms with Gasteiger partial charge >= 0.3 is 6.18 Å². The fourth-order valence-corrected chi connectivity index (χ4v) is 3.33. The summed E-state index contributed by atoms with van der Waals surface area (Å²) in [4.78, 5) is -0.379. The minimum atomic E-state index is -4.45. The van der Waals surface area contributed by atoms with E-state index in [1.165, 1.54) is 24.3 Å². The van der Waals surface area contributed by atoms with Crippen molar-refractivity contribution in [1.29, 1.82) is 0 Å². The summed E-state index contributed by atoms with van der Waals surface area (Å²) in [7, 11) is -4.13. The first-order valence-electron chi connectivity index (χ1n) is 5.51. The Balaban J connectivity index is 3.04. The van der Waals surface area contributed by atoms with Gasteiger partial charge in [0.05, 0.1) is 11.3 Å². The molecule has 1 unspecified atom stereocenters. The summed E-state index contributed by atoms with van der Waals surface area (Å²) in [5.74, 6) is 0. The number of hydrogen-bond acceptors (Lipinski definition) is 3. The molecule has 0 bridgehead atoms. The van der Waals surface area contributed by atoms with Gasteiger partial charge in [-0.1, -0.05) is 30.4 Å². The first kappa shape index (κ1) is 16.9. The zero-order chi connectivity index (χ0) is 15.6. The highest BCUT2D eigenvalue weighted by atomic mass is 32.2. The van der Waals surface area contributed by atoms with Crippen molar-refractivity contribution in [3.63, 3.8) is 0 Å². The van der Waals surface area contributed by atoms with E-state index in [2.05, 4.69) is 0 Å². The minimum absolute atomic E-state index is 0.0919. The summed E-state index contributed by atoms with van der Waals surface area (Å²) in [6.07, 6.45) is -5.72. The Bertz CT molecular complexity index is 600. The molecule has 0 aliphatic rings. The minimum Gasteiger partial charge on any atom is -0.389 e. The number of sulfonamides is 1. The van der Waals surface area contributed by atoms with Crippen molar-refractivity contribution in [3.8, 4) is 0 Å². The smallest absolute Gasteiger partial charge is 0.389 e. The molecule has 0 saturated carbocycles. The van der Waals surface area contributed by atoms with Crippen LogP contribution in [0.4, 0.5) is 13.2 Å². The maximum atomic E-state index is 12.2. The summed E-state index contributed by atoms with van der Waals surface area (Å²) in [6, 6.07) is 4.30. The molecule has 3 N–H and O–H groups in total. The van der Waals surface area contributed by atoms with Crippen molar-refractivity contribution in [2.45, 2.75) is 30.5 Å². The number of rotatable bonds is 5. The number of halogens is 3. The molecule has 0 aliphatic heterocycles. The lowest BCUT2D eigenvalue weighted by Crippen LogP contribution is -2.36. The van der Waals surface area contributed by atoms with Crippen LogP contribution in [-0.4, -0.2) is 25.6 Å². The standard InChI is InChI=1S/C11H13F3N2O2S2/c1-7(6-11(12,13)14)16-20(17,18)9-5-3-2-4-8(9)10(15)19/h2-5,7,16H,6H2,1H3,(H2,15,19). The predicted octanol–water partition coefficient (Wildman–Crippen LogP) is 1.94. The van der Waals surface area contributed by atoms with Crippen LogP contribution in [0.3, 0.4) is 0 Å². The summed E-state index contributed by atoms with van der Waals surface area (Å²) in [6.45, 7) is 1.13. The van der Waals surface area contributed by atoms with E-state index in [1.807, 2.05) is 4.72 Å². The van der Waals surface area contributed by atoms with Crippen LogP contribution in [0.5, 0.6) is 0 Å². The highest BCUT2D eigenvalue weighted by molar-refractivity contribution is 7.89. The second-order valence-electron chi connectivity index (χ2n) is 4.20. The zero-order valence-electron chi connectivity index (χ0n) is 10.4. The van der Waals surface area contributed by atoms with Crippen molar-refractivity contribution >= 4 is 27.2 Å². The molecule has 0 amide bonds. The largest absolute Gasteiger partial charge is 0.390 e. The lowest BCUT2D eigenvalue weighted by Gasteiger charge is -2.17. The molecule has 1 atom stereocenters. The average Bonchev–Trinajstić information content (AvgIpc) is 2.25. The fraction of sp³-hybridized carbons (Fsp3) is 0.364. The molecular weight excluding hydrogens is 313 g/mol. The van der Waals surface area contributed by atoms with Crippen LogP contribution in [0.15, 0.2) is 29.2 Å². The van der Waals surface area contributed by atoms with Crippen molar-refractivity contribution in [2.24, 2.45) is 5.73 Å². The molecule has 20 heavy (non-hydrogen) atoms. The van der Waals surface area contributed by atoms with Crippen molar-refractivity contribution < 1.29 is 21.6 Å². The molecular formula is C11H13F3N2O2S2. The normalized spacial score (nSPS) is 14.0. The van der Waals surface area contributed by atoms with E-state index in [-0.39, 0.29) is 15.4 Å². The summed E-state index contributed by atoms with van der Waals surface area (Å²) in [5, 5.41) is 0. The lowest BCUT2D eigenvalue weighted by atomic mass is 10.2. The van der Waals surface area contributed by atoms with Gasteiger partial charge in [0.1, 0.15) is 4.99 Å². The van der Waals surface area contributed by atoms with E-state index in [4.69, 9.17) is 18.0 Å². The van der Waals surface area contributed by atoms with Gasteiger partial charge in [0, 0.05) is 11.6 Å². The number of benzene rings is 1. The Kier molecular flexibility index (Phi) is 5.11. The van der Waals surface area contributed by atoms with E-state index in [0.29, 0.717) is 0 Å². The monoisotopic (exact) mass is 326 g/mol. The molecule has 0 aliphatic carbocycles. The van der Waals surface area contributed by atoms with Gasteiger partial charge < -0.3 is 5.73 Å². The highest BCUT2D eigenvalue weighted by Crippen LogP contribution is 2.23. The van der Waals surface area contributed by atoms with Gasteiger partial charge in [0.15, 0.2) is 0 Å². The first-order chi connectivity index (χ1) is 9.03. The van der Waals surface area contributed by atoms with Crippen LogP contribution in [0.1, 0.15) is 18.9 Å². The maximum absolute atomic E-state index is 12.2. The van der Waals surface area contributed by atoms with Crippen LogP contribution >= 0.6 is 12.2 Å². The predicted molar refractivity (Wildman–Crippen MR) is 72.8 cm³/mol. The maximum Gasteiger partial charge on any atom is 0.390 e. The van der Waals surface area contributed by atoms with Gasteiger partial charge in [-0.05, 0) is 13.0 Å². The van der Waals surface area contributed by atoms with Gasteiger partial charge in [-0.15, -0.1) is 0 Å². The molecule has 1 aromatic carbocycles. The van der Waals surface area contributed by atoms with E-state index >= 15 is 0 Å². The zero-order valence-corrected chi connectivity index (χ0v) is 12.1. The number of alkyl halides is 3. The second-order valence-corrected chi connectivity index (χ2v) is 6.32. The number of nitrogens with two attached hydrogens (primary N) is 1. The Morgan fingerprint density at radius 2 is 1.95 bits per heavy atom. The number of thiocarbonyl (C=S) groups is 1. The van der Waals surface area contributed by atoms with Crippen LogP contribution in [0.25, 0.3) is 0 Å². The first-order valence-corrected chi connectivity index (χ1v) is 7.40. The Hall–Kier alpha value is -1.19. The van der Waals surface area contributed by atoms with E-state index in [1.54, 1.807) is 0 Å². The molecule has 4 nitrogen and oxygen atoms in total. The molecule has 0 spiro atoms. The third kappa shape index (κ3) is 4.73. The summed E-state index contributed by atoms with van der Waals surface area (Å²) in [5.41, 5.74) is 5.49. The van der Waals surface area contributed by atoms with Gasteiger partial charge in [0.2, 0.25) is 10.0 Å². The molecule has 112 valence electrons. The SMILES string of the molecule is CC(CC(F)(F)F)NS(=O)(=O)c1ccccc1C(N)=S. The van der Waals surface area contributed by atoms with Crippen molar-refractivity contribution in [3.05, 3.63) is 29.8 Å². The Morgan fingerprint density at radius 3 is 2.45 bits per heavy atom. The molecule has 1 rings (SSSR count). The Labute approximate surface area is 120 Å². The topological polar surface area (TPSA) is 72.2 Å². The van der Waals surface area contributed by atoms with E-state index < -0.39 is 28.7 Å². The van der Waals surface area contributed by atoms with Crippen LogP contribution in [0.2, 0.25) is 0 Å². The third-order valence-electron chi connectivity index (χ3n) is 2.34. The molecule has 0 fully saturated rings.